The Balaban J connectivity index is 2.14. The van der Waals surface area contributed by atoms with Crippen molar-refractivity contribution in [3.8, 4) is 0 Å². The Labute approximate surface area is 168 Å². The molecule has 2 aromatic heterocycles. The normalized spacial score (nSPS) is 11.6. The number of hydrogen-bond donors (Lipinski definition) is 0. The predicted molar refractivity (Wildman–Crippen MR) is 115 cm³/mol. The molecule has 0 aliphatic heterocycles. The summed E-state index contributed by atoms with van der Waals surface area (Å²) in [7, 11) is 0. The largest absolute Gasteiger partial charge is 0.462 e. The highest BCUT2D eigenvalue weighted by atomic mass is 32.1. The number of thiazole rings is 1. The van der Waals surface area contributed by atoms with Crippen LogP contribution in [0, 0.1) is 0 Å². The van der Waals surface area contributed by atoms with Crippen molar-refractivity contribution in [3.63, 3.8) is 0 Å². The van der Waals surface area contributed by atoms with E-state index in [-0.39, 0.29) is 17.6 Å². The number of nitrogens with zero attached hydrogens (tertiary/aromatic N) is 2. The van der Waals surface area contributed by atoms with Crippen LogP contribution in [0.2, 0.25) is 0 Å². The molecule has 0 aliphatic carbocycles. The highest BCUT2D eigenvalue weighted by Gasteiger charge is 2.17. The fourth-order valence-corrected chi connectivity index (χ4v) is 3.89. The van der Waals surface area contributed by atoms with Gasteiger partial charge in [-0.25, -0.2) is 9.78 Å². The number of carbonyl (C=O) groups excluding carboxylic acids is 1. The van der Waals surface area contributed by atoms with Gasteiger partial charge in [-0.1, -0.05) is 32.1 Å². The van der Waals surface area contributed by atoms with Gasteiger partial charge in [0.05, 0.1) is 23.2 Å². The highest BCUT2D eigenvalue weighted by Crippen LogP contribution is 2.22. The lowest BCUT2D eigenvalue weighted by Gasteiger charge is -2.12. The topological polar surface area (TPSA) is 61.2 Å². The predicted octanol–water partition coefficient (Wildman–Crippen LogP) is 4.95. The van der Waals surface area contributed by atoms with Crippen LogP contribution >= 0.6 is 11.3 Å². The number of fused-ring (bicyclic) bond motifs is 1. The van der Waals surface area contributed by atoms with Crippen LogP contribution in [0.25, 0.3) is 23.1 Å². The van der Waals surface area contributed by atoms with Crippen LogP contribution < -0.4 is 5.43 Å². The van der Waals surface area contributed by atoms with Gasteiger partial charge in [-0.2, -0.15) is 0 Å². The number of aryl methyl sites for hydroxylation is 1. The molecule has 0 fully saturated rings. The average Bonchev–Trinajstić information content (AvgIpc) is 3.16. The second kappa shape index (κ2) is 8.52. The number of aromatic nitrogens is 2. The lowest BCUT2D eigenvalue weighted by Crippen LogP contribution is -2.21. The minimum absolute atomic E-state index is 0.0633. The van der Waals surface area contributed by atoms with E-state index in [2.05, 4.69) is 24.2 Å². The van der Waals surface area contributed by atoms with Gasteiger partial charge in [-0.15, -0.1) is 11.3 Å². The summed E-state index contributed by atoms with van der Waals surface area (Å²) < 4.78 is 6.98. The molecule has 0 spiro atoms. The van der Waals surface area contributed by atoms with Crippen molar-refractivity contribution in [2.45, 2.75) is 40.2 Å². The molecule has 0 bridgehead atoms. The van der Waals surface area contributed by atoms with Gasteiger partial charge < -0.3 is 9.30 Å². The van der Waals surface area contributed by atoms with E-state index in [4.69, 9.17) is 4.74 Å². The second-order valence-electron chi connectivity index (χ2n) is 6.72. The van der Waals surface area contributed by atoms with Crippen molar-refractivity contribution < 1.29 is 9.53 Å². The van der Waals surface area contributed by atoms with E-state index in [1.807, 2.05) is 41.8 Å². The molecule has 146 valence electrons. The first-order valence-electron chi connectivity index (χ1n) is 9.43. The first-order valence-corrected chi connectivity index (χ1v) is 10.3. The summed E-state index contributed by atoms with van der Waals surface area (Å²) in [6.07, 6.45) is 5.39. The first-order chi connectivity index (χ1) is 13.5. The summed E-state index contributed by atoms with van der Waals surface area (Å²) in [6.45, 7) is 8.79. The van der Waals surface area contributed by atoms with Crippen molar-refractivity contribution in [3.05, 3.63) is 61.8 Å². The molecule has 6 heteroatoms. The van der Waals surface area contributed by atoms with Gasteiger partial charge in [-0.3, -0.25) is 4.79 Å². The van der Waals surface area contributed by atoms with Crippen LogP contribution in [0.5, 0.6) is 0 Å². The lowest BCUT2D eigenvalue weighted by atomic mass is 10.0. The monoisotopic (exact) mass is 396 g/mol. The van der Waals surface area contributed by atoms with E-state index >= 15 is 0 Å². The number of hydrogen-bond acceptors (Lipinski definition) is 5. The lowest BCUT2D eigenvalue weighted by molar-refractivity contribution is 0.0524. The number of benzene rings is 1. The summed E-state index contributed by atoms with van der Waals surface area (Å²) in [4.78, 5) is 30.0. The zero-order valence-corrected chi connectivity index (χ0v) is 17.4. The number of rotatable bonds is 6. The fraction of sp³-hybridized carbons (Fsp3) is 0.318. The summed E-state index contributed by atoms with van der Waals surface area (Å²) in [6, 6.07) is 5.69. The Morgan fingerprint density at radius 3 is 2.71 bits per heavy atom. The van der Waals surface area contributed by atoms with E-state index in [1.54, 1.807) is 24.5 Å². The van der Waals surface area contributed by atoms with Gasteiger partial charge in [0.25, 0.3) is 0 Å². The molecule has 0 unspecified atom stereocenters. The van der Waals surface area contributed by atoms with Crippen molar-refractivity contribution in [1.29, 1.82) is 0 Å². The molecule has 1 aromatic carbocycles. The van der Waals surface area contributed by atoms with Crippen LogP contribution in [0.15, 0.2) is 34.6 Å². The molecule has 0 aliphatic rings. The van der Waals surface area contributed by atoms with Crippen LogP contribution in [0.3, 0.4) is 0 Å². The number of esters is 1. The molecular weight excluding hydrogens is 372 g/mol. The molecule has 5 nitrogen and oxygen atoms in total. The van der Waals surface area contributed by atoms with Crippen LogP contribution in [-0.2, 0) is 11.3 Å². The summed E-state index contributed by atoms with van der Waals surface area (Å²) in [5.41, 5.74) is 2.37. The maximum absolute atomic E-state index is 13.1. The standard InChI is InChI=1S/C22H24N2O3S/c1-5-24-12-16(22(26)27-6-2)21(25)20-15(8-7-9-18(20)24)10-11-19-23-17(13-28-19)14(3)4/h7-14H,5-6H2,1-4H3/b11-10+. The highest BCUT2D eigenvalue weighted by molar-refractivity contribution is 7.10. The van der Waals surface area contributed by atoms with Gasteiger partial charge in [0, 0.05) is 18.1 Å². The van der Waals surface area contributed by atoms with Crippen LogP contribution in [0.4, 0.5) is 0 Å². The molecule has 0 amide bonds. The third-order valence-corrected chi connectivity index (χ3v) is 5.34. The second-order valence-corrected chi connectivity index (χ2v) is 7.61. The molecular formula is C22H24N2O3S. The van der Waals surface area contributed by atoms with Gasteiger partial charge in [-0.05, 0) is 37.5 Å². The number of pyridine rings is 1. The molecule has 3 aromatic rings. The third kappa shape index (κ3) is 3.92. The maximum Gasteiger partial charge on any atom is 0.343 e. The van der Waals surface area contributed by atoms with Gasteiger partial charge in [0.15, 0.2) is 0 Å². The average molecular weight is 397 g/mol. The third-order valence-electron chi connectivity index (χ3n) is 4.51. The quantitative estimate of drug-likeness (QED) is 0.553. The van der Waals surface area contributed by atoms with Crippen LogP contribution in [-0.4, -0.2) is 22.1 Å². The van der Waals surface area contributed by atoms with Crippen molar-refractivity contribution in [1.82, 2.24) is 9.55 Å². The first kappa shape index (κ1) is 20.0. The molecule has 3 rings (SSSR count). The zero-order valence-electron chi connectivity index (χ0n) is 16.6. The van der Waals surface area contributed by atoms with E-state index in [0.717, 1.165) is 21.8 Å². The zero-order chi connectivity index (χ0) is 20.3. The molecule has 0 radical (unpaired) electrons. The Kier molecular flexibility index (Phi) is 6.09. The van der Waals surface area contributed by atoms with E-state index in [9.17, 15) is 9.59 Å². The van der Waals surface area contributed by atoms with Gasteiger partial charge in [0.2, 0.25) is 5.43 Å². The van der Waals surface area contributed by atoms with E-state index < -0.39 is 5.97 Å². The molecule has 2 heterocycles. The molecule has 0 saturated heterocycles. The minimum Gasteiger partial charge on any atom is -0.462 e. The summed E-state index contributed by atoms with van der Waals surface area (Å²) >= 11 is 1.57. The van der Waals surface area contributed by atoms with Gasteiger partial charge in [0.1, 0.15) is 10.6 Å². The van der Waals surface area contributed by atoms with Crippen molar-refractivity contribution >= 4 is 40.4 Å². The molecule has 0 atom stereocenters. The SMILES string of the molecule is CCOC(=O)c1cn(CC)c2cccc(/C=C/c3nc(C(C)C)cs3)c2c1=O. The number of ether oxygens (including phenoxy) is 1. The summed E-state index contributed by atoms with van der Waals surface area (Å²) in [5.74, 6) is -0.211. The molecule has 0 N–H and O–H groups in total. The van der Waals surface area contributed by atoms with Crippen molar-refractivity contribution in [2.75, 3.05) is 6.61 Å². The Bertz CT molecular complexity index is 1090. The smallest absolute Gasteiger partial charge is 0.343 e. The minimum atomic E-state index is -0.586. The maximum atomic E-state index is 13.1. The Morgan fingerprint density at radius 2 is 2.07 bits per heavy atom. The van der Waals surface area contributed by atoms with Crippen molar-refractivity contribution in [2.24, 2.45) is 0 Å². The number of carbonyl (C=O) groups is 1. The Hall–Kier alpha value is -2.73. The summed E-state index contributed by atoms with van der Waals surface area (Å²) in [5, 5.41) is 3.46. The molecule has 28 heavy (non-hydrogen) atoms. The van der Waals surface area contributed by atoms with E-state index in [0.29, 0.717) is 17.8 Å². The fourth-order valence-electron chi connectivity index (χ4n) is 3.02. The van der Waals surface area contributed by atoms with Crippen LogP contribution in [0.1, 0.15) is 60.2 Å². The molecule has 0 saturated carbocycles. The Morgan fingerprint density at radius 1 is 1.29 bits per heavy atom. The van der Waals surface area contributed by atoms with Gasteiger partial charge >= 0.3 is 5.97 Å². The van der Waals surface area contributed by atoms with E-state index in [1.165, 1.54) is 0 Å².